The van der Waals surface area contributed by atoms with Crippen LogP contribution < -0.4 is 15.4 Å². The van der Waals surface area contributed by atoms with Gasteiger partial charge in [0.05, 0.1) is 13.5 Å². The van der Waals surface area contributed by atoms with Gasteiger partial charge in [-0.25, -0.2) is 0 Å². The summed E-state index contributed by atoms with van der Waals surface area (Å²) in [5.41, 5.74) is 2.62. The van der Waals surface area contributed by atoms with E-state index >= 15 is 0 Å². The summed E-state index contributed by atoms with van der Waals surface area (Å²) in [6, 6.07) is 14.5. The molecule has 2 aromatic carbocycles. The largest absolute Gasteiger partial charge is 0.497 e. The van der Waals surface area contributed by atoms with Crippen molar-refractivity contribution in [3.8, 4) is 5.75 Å². The Kier molecular flexibility index (Phi) is 6.54. The predicted molar refractivity (Wildman–Crippen MR) is 95.6 cm³/mol. The van der Waals surface area contributed by atoms with Crippen molar-refractivity contribution in [2.75, 3.05) is 12.4 Å². The van der Waals surface area contributed by atoms with Crippen LogP contribution >= 0.6 is 0 Å². The first-order valence-electron chi connectivity index (χ1n) is 7.93. The Labute approximate surface area is 146 Å². The molecule has 0 heterocycles. The Morgan fingerprint density at radius 2 is 1.72 bits per heavy atom. The molecule has 3 N–H and O–H groups in total. The number of aliphatic carboxylic acids is 1. The lowest BCUT2D eigenvalue weighted by molar-refractivity contribution is -0.137. The van der Waals surface area contributed by atoms with Crippen molar-refractivity contribution in [3.05, 3.63) is 59.7 Å². The molecule has 0 spiro atoms. The van der Waals surface area contributed by atoms with Crippen molar-refractivity contribution in [2.24, 2.45) is 0 Å². The van der Waals surface area contributed by atoms with E-state index in [1.165, 1.54) is 6.92 Å². The van der Waals surface area contributed by atoms with Gasteiger partial charge in [0.15, 0.2) is 0 Å². The highest BCUT2D eigenvalue weighted by molar-refractivity contribution is 5.88. The number of amides is 1. The van der Waals surface area contributed by atoms with Crippen molar-refractivity contribution in [1.82, 2.24) is 5.32 Å². The van der Waals surface area contributed by atoms with Crippen LogP contribution in [-0.4, -0.2) is 24.1 Å². The summed E-state index contributed by atoms with van der Waals surface area (Å²) in [4.78, 5) is 22.2. The molecule has 0 saturated heterocycles. The molecule has 0 saturated carbocycles. The molecule has 2 aromatic rings. The van der Waals surface area contributed by atoms with Gasteiger partial charge in [-0.1, -0.05) is 24.3 Å². The summed E-state index contributed by atoms with van der Waals surface area (Å²) in [5.74, 6) is -0.257. The van der Waals surface area contributed by atoms with Crippen LogP contribution in [0.15, 0.2) is 48.5 Å². The lowest BCUT2D eigenvalue weighted by Gasteiger charge is -2.18. The van der Waals surface area contributed by atoms with Gasteiger partial charge in [-0.15, -0.1) is 0 Å². The number of hydrogen-bond acceptors (Lipinski definition) is 4. The van der Waals surface area contributed by atoms with Gasteiger partial charge in [0.25, 0.3) is 0 Å². The highest BCUT2D eigenvalue weighted by Crippen LogP contribution is 2.21. The van der Waals surface area contributed by atoms with Crippen molar-refractivity contribution >= 4 is 17.6 Å². The lowest BCUT2D eigenvalue weighted by atomic mass is 10.0. The smallest absolute Gasteiger partial charge is 0.305 e. The molecule has 0 fully saturated rings. The van der Waals surface area contributed by atoms with Crippen LogP contribution in [-0.2, 0) is 16.1 Å². The number of anilines is 1. The van der Waals surface area contributed by atoms with Crippen LogP contribution in [0.1, 0.15) is 30.5 Å². The molecule has 1 amide bonds. The Bertz CT molecular complexity index is 711. The third-order valence-electron chi connectivity index (χ3n) is 3.72. The Balaban J connectivity index is 2.03. The van der Waals surface area contributed by atoms with Gasteiger partial charge in [-0.3, -0.25) is 9.59 Å². The standard InChI is InChI=1S/C19H22N2O4/c1-13(22)21-16-7-3-14(4-8-16)12-20-18(11-19(23)24)15-5-9-17(25-2)10-6-15/h3-10,18,20H,11-12H2,1-2H3,(H,21,22)(H,23,24). The van der Waals surface area contributed by atoms with Crippen molar-refractivity contribution in [3.63, 3.8) is 0 Å². The zero-order valence-electron chi connectivity index (χ0n) is 14.3. The van der Waals surface area contributed by atoms with E-state index in [9.17, 15) is 9.59 Å². The third-order valence-corrected chi connectivity index (χ3v) is 3.72. The molecule has 0 aromatic heterocycles. The molecule has 0 radical (unpaired) electrons. The molecule has 25 heavy (non-hydrogen) atoms. The molecule has 0 aliphatic rings. The van der Waals surface area contributed by atoms with Crippen LogP contribution in [0.5, 0.6) is 5.75 Å². The second-order valence-corrected chi connectivity index (χ2v) is 5.68. The molecule has 2 rings (SSSR count). The minimum atomic E-state index is -0.866. The zero-order valence-corrected chi connectivity index (χ0v) is 14.3. The first-order valence-corrected chi connectivity index (χ1v) is 7.93. The van der Waals surface area contributed by atoms with Crippen LogP contribution in [0.4, 0.5) is 5.69 Å². The fourth-order valence-corrected chi connectivity index (χ4v) is 2.47. The van der Waals surface area contributed by atoms with Crippen molar-refractivity contribution in [1.29, 1.82) is 0 Å². The van der Waals surface area contributed by atoms with Crippen LogP contribution in [0.3, 0.4) is 0 Å². The number of ether oxygens (including phenoxy) is 1. The van der Waals surface area contributed by atoms with Crippen molar-refractivity contribution < 1.29 is 19.4 Å². The van der Waals surface area contributed by atoms with E-state index in [4.69, 9.17) is 9.84 Å². The lowest BCUT2D eigenvalue weighted by Crippen LogP contribution is -2.23. The number of carboxylic acid groups (broad SMARTS) is 1. The normalized spacial score (nSPS) is 11.6. The van der Waals surface area contributed by atoms with E-state index in [1.807, 2.05) is 48.5 Å². The highest BCUT2D eigenvalue weighted by Gasteiger charge is 2.15. The van der Waals surface area contributed by atoms with E-state index in [-0.39, 0.29) is 18.4 Å². The minimum Gasteiger partial charge on any atom is -0.497 e. The average molecular weight is 342 g/mol. The molecule has 132 valence electrons. The van der Waals surface area contributed by atoms with Crippen molar-refractivity contribution in [2.45, 2.75) is 25.9 Å². The molecule has 6 nitrogen and oxygen atoms in total. The predicted octanol–water partition coefficient (Wildman–Crippen LogP) is 2.96. The van der Waals surface area contributed by atoms with E-state index in [0.29, 0.717) is 6.54 Å². The number of methoxy groups -OCH3 is 1. The fraction of sp³-hybridized carbons (Fsp3) is 0.263. The van der Waals surface area contributed by atoms with Gasteiger partial charge in [-0.2, -0.15) is 0 Å². The summed E-state index contributed by atoms with van der Waals surface area (Å²) in [6.45, 7) is 1.98. The first kappa shape index (κ1) is 18.5. The topological polar surface area (TPSA) is 87.7 Å². The molecular weight excluding hydrogens is 320 g/mol. The number of carbonyl (C=O) groups excluding carboxylic acids is 1. The second kappa shape index (κ2) is 8.84. The summed E-state index contributed by atoms with van der Waals surface area (Å²) in [7, 11) is 1.59. The van der Waals surface area contributed by atoms with E-state index in [1.54, 1.807) is 7.11 Å². The Morgan fingerprint density at radius 1 is 1.08 bits per heavy atom. The summed E-state index contributed by atoms with van der Waals surface area (Å²) < 4.78 is 5.13. The average Bonchev–Trinajstić information content (AvgIpc) is 2.59. The summed E-state index contributed by atoms with van der Waals surface area (Å²) in [5, 5.41) is 15.1. The number of carboxylic acids is 1. The monoisotopic (exact) mass is 342 g/mol. The number of benzene rings is 2. The van der Waals surface area contributed by atoms with Gasteiger partial charge in [0.1, 0.15) is 5.75 Å². The van der Waals surface area contributed by atoms with E-state index in [0.717, 1.165) is 22.6 Å². The summed E-state index contributed by atoms with van der Waals surface area (Å²) >= 11 is 0. The number of nitrogens with one attached hydrogen (secondary N) is 2. The van der Waals surface area contributed by atoms with Crippen LogP contribution in [0, 0.1) is 0 Å². The van der Waals surface area contributed by atoms with E-state index < -0.39 is 5.97 Å². The maximum absolute atomic E-state index is 11.2. The van der Waals surface area contributed by atoms with Gasteiger partial charge in [0.2, 0.25) is 5.91 Å². The highest BCUT2D eigenvalue weighted by atomic mass is 16.5. The maximum atomic E-state index is 11.2. The van der Waals surface area contributed by atoms with Gasteiger partial charge >= 0.3 is 5.97 Å². The van der Waals surface area contributed by atoms with Gasteiger partial charge in [-0.05, 0) is 35.4 Å². The van der Waals surface area contributed by atoms with Gasteiger partial charge < -0.3 is 20.5 Å². The Morgan fingerprint density at radius 3 is 2.24 bits per heavy atom. The summed E-state index contributed by atoms with van der Waals surface area (Å²) in [6.07, 6.45) is -0.0176. The first-order chi connectivity index (χ1) is 12.0. The molecule has 0 aliphatic carbocycles. The zero-order chi connectivity index (χ0) is 18.2. The maximum Gasteiger partial charge on any atom is 0.305 e. The fourth-order valence-electron chi connectivity index (χ4n) is 2.47. The quantitative estimate of drug-likeness (QED) is 0.686. The van der Waals surface area contributed by atoms with Crippen LogP contribution in [0.25, 0.3) is 0 Å². The number of carbonyl (C=O) groups is 2. The molecule has 6 heteroatoms. The third kappa shape index (κ3) is 5.93. The molecule has 1 atom stereocenters. The Hall–Kier alpha value is -2.86. The van der Waals surface area contributed by atoms with Crippen LogP contribution in [0.2, 0.25) is 0 Å². The SMILES string of the molecule is COc1ccc(C(CC(=O)O)NCc2ccc(NC(C)=O)cc2)cc1. The second-order valence-electron chi connectivity index (χ2n) is 5.68. The molecule has 0 aliphatic heterocycles. The molecular formula is C19H22N2O4. The minimum absolute atomic E-state index is 0.0176. The number of hydrogen-bond donors (Lipinski definition) is 3. The van der Waals surface area contributed by atoms with Gasteiger partial charge in [0, 0.05) is 25.2 Å². The van der Waals surface area contributed by atoms with E-state index in [2.05, 4.69) is 10.6 Å². The number of rotatable bonds is 8. The molecule has 1 unspecified atom stereocenters. The molecule has 0 bridgehead atoms.